The lowest BCUT2D eigenvalue weighted by Crippen LogP contribution is -2.49. The summed E-state index contributed by atoms with van der Waals surface area (Å²) in [7, 11) is 0. The number of piperidine rings is 1. The van der Waals surface area contributed by atoms with Gasteiger partial charge in [0.25, 0.3) is 5.91 Å². The molecule has 2 amide bonds. The zero-order valence-electron chi connectivity index (χ0n) is 24.7. The zero-order chi connectivity index (χ0) is 30.0. The van der Waals surface area contributed by atoms with Crippen LogP contribution in [0.5, 0.6) is 0 Å². The minimum Gasteiger partial charge on any atom is -0.460 e. The van der Waals surface area contributed by atoms with Crippen LogP contribution in [0, 0.1) is 46.8 Å². The predicted octanol–water partition coefficient (Wildman–Crippen LogP) is 3.01. The molecule has 220 valence electrons. The van der Waals surface area contributed by atoms with E-state index in [1.807, 2.05) is 0 Å². The third-order valence-electron chi connectivity index (χ3n) is 8.89. The van der Waals surface area contributed by atoms with Gasteiger partial charge in [-0.3, -0.25) is 28.8 Å². The van der Waals surface area contributed by atoms with Crippen LogP contribution in [0.1, 0.15) is 92.9 Å². The molecule has 2 unspecified atom stereocenters. The minimum absolute atomic E-state index is 0.00141. The molecule has 2 N–H and O–H groups in total. The van der Waals surface area contributed by atoms with Crippen molar-refractivity contribution in [3.63, 3.8) is 0 Å². The fourth-order valence-electron chi connectivity index (χ4n) is 6.50. The highest BCUT2D eigenvalue weighted by Crippen LogP contribution is 2.65. The first kappa shape index (κ1) is 31.5. The van der Waals surface area contributed by atoms with Crippen LogP contribution in [0.15, 0.2) is 0 Å². The van der Waals surface area contributed by atoms with Crippen LogP contribution in [0.3, 0.4) is 0 Å². The highest BCUT2D eigenvalue weighted by Gasteiger charge is 2.69. The van der Waals surface area contributed by atoms with E-state index in [2.05, 4.69) is 25.7 Å². The average Bonchev–Trinajstić information content (AvgIpc) is 3.14. The topological polar surface area (TPSA) is 141 Å². The lowest BCUT2D eigenvalue weighted by molar-refractivity contribution is -0.159. The number of fused-ring (bicyclic) bond motifs is 1. The minimum atomic E-state index is -1.04. The van der Waals surface area contributed by atoms with Gasteiger partial charge < -0.3 is 15.4 Å². The highest BCUT2D eigenvalue weighted by molar-refractivity contribution is 6.36. The van der Waals surface area contributed by atoms with Gasteiger partial charge in [-0.25, -0.2) is 0 Å². The third-order valence-corrected chi connectivity index (χ3v) is 8.89. The Hall–Kier alpha value is -3.02. The number of Topliss-reactive ketones (excluding diaryl/α,β-unsaturated/α-hetero) is 3. The maximum Gasteiger partial charge on any atom is 0.307 e. The Balaban J connectivity index is 1.83. The normalized spacial score (nSPS) is 24.4. The highest BCUT2D eigenvalue weighted by atomic mass is 16.6. The monoisotopic (exact) mass is 556 g/mol. The molecule has 0 radical (unpaired) electrons. The summed E-state index contributed by atoms with van der Waals surface area (Å²) < 4.78 is 5.46. The molecular weight excluding hydrogens is 512 g/mol. The molecule has 1 saturated heterocycles. The number of amides is 2. The first-order valence-electron chi connectivity index (χ1n) is 14.4. The van der Waals surface area contributed by atoms with Gasteiger partial charge in [0.15, 0.2) is 5.78 Å². The van der Waals surface area contributed by atoms with Gasteiger partial charge in [-0.1, -0.05) is 39.0 Å². The molecule has 3 rings (SSSR count). The van der Waals surface area contributed by atoms with Crippen molar-refractivity contribution in [3.8, 4) is 11.8 Å². The number of nitrogens with two attached hydrogens (primary N) is 1. The van der Waals surface area contributed by atoms with E-state index >= 15 is 0 Å². The molecule has 40 heavy (non-hydrogen) atoms. The number of ether oxygens (including phenoxy) is 1. The molecule has 1 aliphatic heterocycles. The third kappa shape index (κ3) is 7.38. The summed E-state index contributed by atoms with van der Waals surface area (Å²) in [6, 6.07) is -0.760. The quantitative estimate of drug-likeness (QED) is 0.159. The average molecular weight is 557 g/mol. The van der Waals surface area contributed by atoms with Gasteiger partial charge in [-0.2, -0.15) is 0 Å². The van der Waals surface area contributed by atoms with Gasteiger partial charge in [0.1, 0.15) is 5.60 Å². The number of hydrogen-bond donors (Lipinski definition) is 1. The van der Waals surface area contributed by atoms with Gasteiger partial charge in [-0.05, 0) is 69.6 Å². The molecule has 1 heterocycles. The van der Waals surface area contributed by atoms with Crippen LogP contribution in [-0.4, -0.2) is 58.2 Å². The summed E-state index contributed by atoms with van der Waals surface area (Å²) in [5.41, 5.74) is 4.43. The van der Waals surface area contributed by atoms with Crippen LogP contribution >= 0.6 is 0 Å². The van der Waals surface area contributed by atoms with E-state index in [1.54, 1.807) is 32.6 Å². The molecule has 0 aromatic heterocycles. The number of primary amides is 1. The fourth-order valence-corrected chi connectivity index (χ4v) is 6.50. The Morgan fingerprint density at radius 1 is 1.05 bits per heavy atom. The Morgan fingerprint density at radius 3 is 2.23 bits per heavy atom. The molecule has 9 heteroatoms. The van der Waals surface area contributed by atoms with E-state index in [-0.39, 0.29) is 66.3 Å². The van der Waals surface area contributed by atoms with E-state index in [9.17, 15) is 28.8 Å². The maximum absolute atomic E-state index is 13.9. The lowest BCUT2D eigenvalue weighted by Gasteiger charge is -2.34. The Kier molecular flexibility index (Phi) is 9.64. The number of carbonyl (C=O) groups is 6. The molecule has 0 spiro atoms. The van der Waals surface area contributed by atoms with Crippen molar-refractivity contribution in [1.29, 1.82) is 0 Å². The fraction of sp³-hybridized carbons (Fsp3) is 0.742. The summed E-state index contributed by atoms with van der Waals surface area (Å²) >= 11 is 0. The van der Waals surface area contributed by atoms with Gasteiger partial charge in [0.2, 0.25) is 17.5 Å². The van der Waals surface area contributed by atoms with Crippen LogP contribution in [0.25, 0.3) is 0 Å². The van der Waals surface area contributed by atoms with Gasteiger partial charge in [0, 0.05) is 31.2 Å². The van der Waals surface area contributed by atoms with Gasteiger partial charge >= 0.3 is 5.97 Å². The molecule has 2 aliphatic carbocycles. The number of likely N-dealkylation sites (tertiary alicyclic amines) is 1. The van der Waals surface area contributed by atoms with Gasteiger partial charge in [-0.15, -0.1) is 0 Å². The van der Waals surface area contributed by atoms with Crippen LogP contribution in [0.2, 0.25) is 0 Å². The van der Waals surface area contributed by atoms with Crippen molar-refractivity contribution in [2.45, 2.75) is 105 Å². The maximum atomic E-state index is 13.9. The molecule has 5 atom stereocenters. The number of rotatable bonds is 13. The molecule has 2 saturated carbocycles. The van der Waals surface area contributed by atoms with Crippen LogP contribution < -0.4 is 5.73 Å². The predicted molar refractivity (Wildman–Crippen MR) is 147 cm³/mol. The summed E-state index contributed by atoms with van der Waals surface area (Å²) in [6.07, 6.45) is 3.15. The Morgan fingerprint density at radius 2 is 1.70 bits per heavy atom. The van der Waals surface area contributed by atoms with Crippen molar-refractivity contribution in [2.75, 3.05) is 6.54 Å². The Bertz CT molecular complexity index is 1120. The summed E-state index contributed by atoms with van der Waals surface area (Å²) in [5.74, 6) is 0.397. The summed E-state index contributed by atoms with van der Waals surface area (Å²) in [5, 5.41) is 0. The van der Waals surface area contributed by atoms with Crippen LogP contribution in [0.4, 0.5) is 0 Å². The van der Waals surface area contributed by atoms with Crippen molar-refractivity contribution in [3.05, 3.63) is 0 Å². The number of esters is 1. The molecule has 0 aromatic rings. The second-order valence-corrected chi connectivity index (χ2v) is 13.3. The lowest BCUT2D eigenvalue weighted by atomic mass is 9.76. The molecular formula is C31H44N2O7. The molecule has 0 bridgehead atoms. The first-order chi connectivity index (χ1) is 18.6. The second kappa shape index (κ2) is 12.2. The Labute approximate surface area is 237 Å². The molecule has 3 aliphatic rings. The number of carbonyl (C=O) groups excluding carboxylic acids is 6. The SMILES string of the molecule is CC#CC(=O)CC[C@H](CC(=O)OC(C)(C)C)C(=O)N1C[C@H]2C([C@H]1C(=O)CC(CC1CCC1)C(=O)C(N)=O)C2(C)C. The van der Waals surface area contributed by atoms with Crippen molar-refractivity contribution < 1.29 is 33.5 Å². The summed E-state index contributed by atoms with van der Waals surface area (Å²) in [6.45, 7) is 11.2. The van der Waals surface area contributed by atoms with Crippen molar-refractivity contribution in [2.24, 2.45) is 40.7 Å². The molecule has 3 fully saturated rings. The first-order valence-corrected chi connectivity index (χ1v) is 14.4. The number of nitrogens with zero attached hydrogens (tertiary/aromatic N) is 1. The number of hydrogen-bond acceptors (Lipinski definition) is 7. The molecule has 0 aromatic carbocycles. The van der Waals surface area contributed by atoms with E-state index in [0.717, 1.165) is 19.3 Å². The van der Waals surface area contributed by atoms with E-state index in [4.69, 9.17) is 10.5 Å². The zero-order valence-corrected chi connectivity index (χ0v) is 24.7. The van der Waals surface area contributed by atoms with Crippen molar-refractivity contribution in [1.82, 2.24) is 4.90 Å². The largest absolute Gasteiger partial charge is 0.460 e. The van der Waals surface area contributed by atoms with Crippen LogP contribution in [-0.2, 0) is 33.5 Å². The standard InChI is InChI=1S/C31H44N2O7/c1-7-9-21(34)13-12-19(16-24(36)40-30(2,3)4)29(39)33-17-22-25(31(22,5)6)26(33)23(35)15-20(27(37)28(32)38)14-18-10-8-11-18/h18-20,22,25-26H,8,10-17H2,1-6H3,(H2,32,38)/t19-,20?,22+,25?,26-/m1/s1. The second-order valence-electron chi connectivity index (χ2n) is 13.3. The molecule has 9 nitrogen and oxygen atoms in total. The van der Waals surface area contributed by atoms with Gasteiger partial charge in [0.05, 0.1) is 12.5 Å². The van der Waals surface area contributed by atoms with E-state index in [1.165, 1.54) is 0 Å². The van der Waals surface area contributed by atoms with E-state index in [0.29, 0.717) is 13.0 Å². The number of ketones is 3. The van der Waals surface area contributed by atoms with E-state index < -0.39 is 41.1 Å². The van der Waals surface area contributed by atoms with Crippen molar-refractivity contribution >= 4 is 35.1 Å². The smallest absolute Gasteiger partial charge is 0.307 e. The summed E-state index contributed by atoms with van der Waals surface area (Å²) in [4.78, 5) is 78.6.